The average Bonchev–Trinajstić information content (AvgIpc) is 2.70. The number of hydrogen-bond donors (Lipinski definition) is 1. The van der Waals surface area contributed by atoms with Gasteiger partial charge in [-0.05, 0) is 13.0 Å². The van der Waals surface area contributed by atoms with Crippen LogP contribution >= 0.6 is 0 Å². The maximum atomic E-state index is 9.63. The highest BCUT2D eigenvalue weighted by Crippen LogP contribution is 2.22. The Balaban J connectivity index is 1.90. The summed E-state index contributed by atoms with van der Waals surface area (Å²) in [5.41, 5.74) is 0.875. The molecule has 0 bridgehead atoms. The van der Waals surface area contributed by atoms with Crippen LogP contribution in [0.15, 0.2) is 24.3 Å². The quantitative estimate of drug-likeness (QED) is 0.846. The number of phenols is 1. The van der Waals surface area contributed by atoms with Crippen molar-refractivity contribution in [3.8, 4) is 5.75 Å². The molecule has 1 atom stereocenters. The van der Waals surface area contributed by atoms with E-state index < -0.39 is 0 Å². The normalized spacial score (nSPS) is 21.4. The first-order valence-corrected chi connectivity index (χ1v) is 5.59. The molecule has 1 fully saturated rings. The molecule has 4 nitrogen and oxygen atoms in total. The van der Waals surface area contributed by atoms with Crippen LogP contribution in [0, 0.1) is 0 Å². The molecular weight excluding hydrogens is 206 g/mol. The average molecular weight is 223 g/mol. The molecule has 1 aliphatic heterocycles. The molecule has 0 aromatic heterocycles. The fraction of sp³-hybridized carbons (Fsp3) is 0.500. The fourth-order valence-electron chi connectivity index (χ4n) is 1.77. The van der Waals surface area contributed by atoms with Crippen LogP contribution in [0.3, 0.4) is 0 Å². The summed E-state index contributed by atoms with van der Waals surface area (Å²) in [5, 5.41) is 11.5. The van der Waals surface area contributed by atoms with Gasteiger partial charge in [-0.3, -0.25) is 4.84 Å². The van der Waals surface area contributed by atoms with Crippen molar-refractivity contribution in [1.29, 1.82) is 0 Å². The molecule has 2 rings (SSSR count). The number of benzene rings is 1. The summed E-state index contributed by atoms with van der Waals surface area (Å²) in [6.07, 6.45) is 0.748. The van der Waals surface area contributed by atoms with Crippen molar-refractivity contribution in [2.45, 2.75) is 26.2 Å². The van der Waals surface area contributed by atoms with Crippen molar-refractivity contribution in [3.05, 3.63) is 29.8 Å². The van der Waals surface area contributed by atoms with Crippen LogP contribution in [0.2, 0.25) is 0 Å². The maximum absolute atomic E-state index is 9.63. The zero-order valence-corrected chi connectivity index (χ0v) is 9.43. The zero-order valence-electron chi connectivity index (χ0n) is 9.43. The van der Waals surface area contributed by atoms with Crippen molar-refractivity contribution in [2.75, 3.05) is 13.2 Å². The van der Waals surface area contributed by atoms with Crippen molar-refractivity contribution < 1.29 is 14.7 Å². The van der Waals surface area contributed by atoms with E-state index in [9.17, 15) is 5.11 Å². The van der Waals surface area contributed by atoms with Gasteiger partial charge in [-0.2, -0.15) is 5.06 Å². The highest BCUT2D eigenvalue weighted by atomic mass is 16.8. The van der Waals surface area contributed by atoms with Gasteiger partial charge in [0.25, 0.3) is 0 Å². The zero-order chi connectivity index (χ0) is 11.4. The number of rotatable bonds is 4. The van der Waals surface area contributed by atoms with E-state index in [1.54, 1.807) is 6.07 Å². The van der Waals surface area contributed by atoms with Gasteiger partial charge in [0, 0.05) is 25.1 Å². The van der Waals surface area contributed by atoms with Gasteiger partial charge in [-0.15, -0.1) is 0 Å². The lowest BCUT2D eigenvalue weighted by atomic mass is 10.2. The first kappa shape index (κ1) is 11.4. The predicted octanol–water partition coefficient (Wildman–Crippen LogP) is 1.89. The largest absolute Gasteiger partial charge is 0.508 e. The molecule has 0 radical (unpaired) electrons. The summed E-state index contributed by atoms with van der Waals surface area (Å²) < 4.78 is 5.37. The predicted molar refractivity (Wildman–Crippen MR) is 59.6 cm³/mol. The van der Waals surface area contributed by atoms with E-state index in [2.05, 4.69) is 0 Å². The summed E-state index contributed by atoms with van der Waals surface area (Å²) in [5.74, 6) is 0.311. The van der Waals surface area contributed by atoms with Crippen LogP contribution in [-0.4, -0.2) is 29.6 Å². The topological polar surface area (TPSA) is 41.9 Å². The van der Waals surface area contributed by atoms with Crippen molar-refractivity contribution in [3.63, 3.8) is 0 Å². The van der Waals surface area contributed by atoms with Gasteiger partial charge < -0.3 is 9.84 Å². The Labute approximate surface area is 95.4 Å². The second kappa shape index (κ2) is 5.30. The number of hydrogen-bond acceptors (Lipinski definition) is 4. The Hall–Kier alpha value is -1.10. The third-order valence-electron chi connectivity index (χ3n) is 2.57. The summed E-state index contributed by atoms with van der Waals surface area (Å²) in [6, 6.07) is 7.30. The van der Waals surface area contributed by atoms with Gasteiger partial charge in [0.05, 0.1) is 6.54 Å². The molecule has 88 valence electrons. The smallest absolute Gasteiger partial charge is 0.178 e. The third kappa shape index (κ3) is 2.72. The van der Waals surface area contributed by atoms with Crippen LogP contribution in [0.1, 0.15) is 18.9 Å². The molecule has 0 aliphatic carbocycles. The van der Waals surface area contributed by atoms with E-state index in [4.69, 9.17) is 9.57 Å². The highest BCUT2D eigenvalue weighted by Gasteiger charge is 2.24. The molecule has 1 aliphatic rings. The van der Waals surface area contributed by atoms with Crippen molar-refractivity contribution >= 4 is 0 Å². The van der Waals surface area contributed by atoms with Gasteiger partial charge in [0.1, 0.15) is 5.75 Å². The number of para-hydroxylation sites is 1. The summed E-state index contributed by atoms with van der Waals surface area (Å²) in [7, 11) is 0. The lowest BCUT2D eigenvalue weighted by Crippen LogP contribution is -2.20. The maximum Gasteiger partial charge on any atom is 0.178 e. The fourth-order valence-corrected chi connectivity index (χ4v) is 1.77. The first-order chi connectivity index (χ1) is 7.79. The Kier molecular flexibility index (Phi) is 3.77. The highest BCUT2D eigenvalue weighted by molar-refractivity contribution is 5.31. The summed E-state index contributed by atoms with van der Waals surface area (Å²) >= 11 is 0. The van der Waals surface area contributed by atoms with E-state index in [1.807, 2.05) is 30.2 Å². The van der Waals surface area contributed by atoms with E-state index >= 15 is 0 Å². The van der Waals surface area contributed by atoms with Gasteiger partial charge in [0.15, 0.2) is 6.29 Å². The molecular formula is C12H17NO3. The molecule has 1 unspecified atom stereocenters. The molecule has 4 heteroatoms. The van der Waals surface area contributed by atoms with Gasteiger partial charge >= 0.3 is 0 Å². The second-order valence-corrected chi connectivity index (χ2v) is 3.77. The minimum atomic E-state index is -0.129. The molecule has 1 aromatic rings. The number of aromatic hydroxyl groups is 1. The van der Waals surface area contributed by atoms with Gasteiger partial charge in [-0.1, -0.05) is 18.2 Å². The van der Waals surface area contributed by atoms with Crippen LogP contribution < -0.4 is 0 Å². The number of phenolic OH excluding ortho intramolecular Hbond substituents is 1. The van der Waals surface area contributed by atoms with Crippen molar-refractivity contribution in [2.24, 2.45) is 0 Å². The standard InChI is InChI=1S/C12H17NO3/c1-2-15-12-7-8-13(16-12)9-10-5-3-4-6-11(10)14/h3-6,12,14H,2,7-9H2,1H3. The number of ether oxygens (including phenoxy) is 1. The number of nitrogens with zero attached hydrogens (tertiary/aromatic N) is 1. The molecule has 1 heterocycles. The third-order valence-corrected chi connectivity index (χ3v) is 2.57. The Morgan fingerprint density at radius 2 is 2.31 bits per heavy atom. The van der Waals surface area contributed by atoms with E-state index in [1.165, 1.54) is 0 Å². The van der Waals surface area contributed by atoms with Crippen LogP contribution in [0.4, 0.5) is 0 Å². The van der Waals surface area contributed by atoms with Gasteiger partial charge in [-0.25, -0.2) is 0 Å². The number of hydroxylamine groups is 2. The lowest BCUT2D eigenvalue weighted by molar-refractivity contribution is -0.235. The molecule has 1 aromatic carbocycles. The van der Waals surface area contributed by atoms with Crippen LogP contribution in [0.25, 0.3) is 0 Å². The Bertz CT molecular complexity index is 343. The minimum Gasteiger partial charge on any atom is -0.508 e. The summed E-state index contributed by atoms with van der Waals surface area (Å²) in [4.78, 5) is 5.56. The van der Waals surface area contributed by atoms with E-state index in [-0.39, 0.29) is 6.29 Å². The Morgan fingerprint density at radius 1 is 1.50 bits per heavy atom. The molecule has 16 heavy (non-hydrogen) atoms. The minimum absolute atomic E-state index is 0.129. The molecule has 1 saturated heterocycles. The Morgan fingerprint density at radius 3 is 3.06 bits per heavy atom. The molecule has 1 N–H and O–H groups in total. The first-order valence-electron chi connectivity index (χ1n) is 5.59. The SMILES string of the molecule is CCOC1CCN(Cc2ccccc2O)O1. The lowest BCUT2D eigenvalue weighted by Gasteiger charge is -2.16. The van der Waals surface area contributed by atoms with E-state index in [0.29, 0.717) is 18.9 Å². The monoisotopic (exact) mass is 223 g/mol. The van der Waals surface area contributed by atoms with Gasteiger partial charge in [0.2, 0.25) is 0 Å². The van der Waals surface area contributed by atoms with Crippen molar-refractivity contribution in [1.82, 2.24) is 5.06 Å². The second-order valence-electron chi connectivity index (χ2n) is 3.77. The summed E-state index contributed by atoms with van der Waals surface area (Å²) in [6.45, 7) is 4.04. The van der Waals surface area contributed by atoms with E-state index in [0.717, 1.165) is 18.5 Å². The van der Waals surface area contributed by atoms with Crippen LogP contribution in [0.5, 0.6) is 5.75 Å². The van der Waals surface area contributed by atoms with Crippen LogP contribution in [-0.2, 0) is 16.1 Å². The molecule has 0 amide bonds. The molecule has 0 saturated carbocycles. The molecule has 0 spiro atoms.